The number of hydrogen-bond acceptors (Lipinski definition) is 0. The van der Waals surface area contributed by atoms with Crippen LogP contribution in [0.4, 0.5) is 13.2 Å². The van der Waals surface area contributed by atoms with Crippen molar-refractivity contribution in [2.45, 2.75) is 38.8 Å². The lowest BCUT2D eigenvalue weighted by atomic mass is 9.93. The van der Waals surface area contributed by atoms with E-state index in [2.05, 4.69) is 0 Å². The average molecular weight is 216 g/mol. The van der Waals surface area contributed by atoms with Gasteiger partial charge >= 0.3 is 6.18 Å². The zero-order valence-corrected chi connectivity index (χ0v) is 8.93. The minimum atomic E-state index is -4.23. The van der Waals surface area contributed by atoms with E-state index in [1.165, 1.54) is 0 Å². The topological polar surface area (TPSA) is 0 Å². The first-order valence-corrected chi connectivity index (χ1v) is 5.16. The predicted octanol–water partition coefficient (Wildman–Crippen LogP) is 4.61. The fourth-order valence-electron chi connectivity index (χ4n) is 1.70. The Labute approximate surface area is 88.1 Å². The summed E-state index contributed by atoms with van der Waals surface area (Å²) in [5.41, 5.74) is 0.421. The Morgan fingerprint density at radius 2 is 1.47 bits per heavy atom. The SMILES string of the molecule is CCC(CC)c1ccc(C(F)(F)F)cc1. The van der Waals surface area contributed by atoms with Crippen LogP contribution in [0.2, 0.25) is 0 Å². The molecule has 1 aromatic rings. The molecule has 0 aliphatic carbocycles. The predicted molar refractivity (Wildman–Crippen MR) is 54.8 cm³/mol. The standard InChI is InChI=1S/C12H15F3/c1-3-9(4-2)10-5-7-11(8-6-10)12(13,14)15/h5-9H,3-4H2,1-2H3. The number of hydrogen-bond donors (Lipinski definition) is 0. The van der Waals surface area contributed by atoms with Crippen molar-refractivity contribution in [1.82, 2.24) is 0 Å². The van der Waals surface area contributed by atoms with Gasteiger partial charge in [-0.25, -0.2) is 0 Å². The molecule has 1 rings (SSSR count). The minimum absolute atomic E-state index is 0.368. The summed E-state index contributed by atoms with van der Waals surface area (Å²) in [6.45, 7) is 4.09. The van der Waals surface area contributed by atoms with Crippen LogP contribution >= 0.6 is 0 Å². The normalized spacial score (nSPS) is 12.1. The lowest BCUT2D eigenvalue weighted by Gasteiger charge is -2.14. The maximum atomic E-state index is 12.3. The fourth-order valence-corrected chi connectivity index (χ4v) is 1.70. The molecule has 0 aliphatic heterocycles. The van der Waals surface area contributed by atoms with Gasteiger partial charge in [0, 0.05) is 0 Å². The molecule has 0 saturated heterocycles. The molecule has 0 heterocycles. The summed E-state index contributed by atoms with van der Waals surface area (Å²) in [4.78, 5) is 0. The van der Waals surface area contributed by atoms with Crippen LogP contribution < -0.4 is 0 Å². The van der Waals surface area contributed by atoms with E-state index in [4.69, 9.17) is 0 Å². The number of halogens is 3. The molecule has 0 saturated carbocycles. The van der Waals surface area contributed by atoms with Crippen molar-refractivity contribution in [2.75, 3.05) is 0 Å². The van der Waals surface area contributed by atoms with Crippen molar-refractivity contribution >= 4 is 0 Å². The molecule has 0 amide bonds. The lowest BCUT2D eigenvalue weighted by molar-refractivity contribution is -0.137. The monoisotopic (exact) mass is 216 g/mol. The number of alkyl halides is 3. The van der Waals surface area contributed by atoms with Gasteiger partial charge in [0.15, 0.2) is 0 Å². The van der Waals surface area contributed by atoms with E-state index in [-0.39, 0.29) is 0 Å². The second-order valence-electron chi connectivity index (χ2n) is 3.63. The maximum absolute atomic E-state index is 12.3. The molecular formula is C12H15F3. The van der Waals surface area contributed by atoms with E-state index in [1.54, 1.807) is 12.1 Å². The molecule has 0 atom stereocenters. The first kappa shape index (κ1) is 12.1. The zero-order chi connectivity index (χ0) is 11.5. The molecule has 1 aromatic carbocycles. The molecule has 0 radical (unpaired) electrons. The molecule has 0 aromatic heterocycles. The summed E-state index contributed by atoms with van der Waals surface area (Å²) in [7, 11) is 0. The molecule has 0 N–H and O–H groups in total. The molecule has 0 unspecified atom stereocenters. The second-order valence-corrected chi connectivity index (χ2v) is 3.63. The van der Waals surface area contributed by atoms with Crippen molar-refractivity contribution in [3.05, 3.63) is 35.4 Å². The van der Waals surface area contributed by atoms with Crippen LogP contribution in [0.1, 0.15) is 43.7 Å². The van der Waals surface area contributed by atoms with Crippen LogP contribution in [0, 0.1) is 0 Å². The van der Waals surface area contributed by atoms with Crippen molar-refractivity contribution in [3.63, 3.8) is 0 Å². The molecule has 84 valence electrons. The second kappa shape index (κ2) is 4.69. The van der Waals surface area contributed by atoms with Crippen LogP contribution in [0.25, 0.3) is 0 Å². The van der Waals surface area contributed by atoms with Crippen LogP contribution in [0.3, 0.4) is 0 Å². The van der Waals surface area contributed by atoms with E-state index in [1.807, 2.05) is 13.8 Å². The molecule has 15 heavy (non-hydrogen) atoms. The summed E-state index contributed by atoms with van der Waals surface area (Å²) in [5.74, 6) is 0.368. The van der Waals surface area contributed by atoms with Crippen molar-refractivity contribution in [3.8, 4) is 0 Å². The highest BCUT2D eigenvalue weighted by Crippen LogP contribution is 2.31. The third-order valence-corrected chi connectivity index (χ3v) is 2.70. The van der Waals surface area contributed by atoms with Gasteiger partial charge < -0.3 is 0 Å². The molecule has 0 fully saturated rings. The van der Waals surface area contributed by atoms with Gasteiger partial charge in [0.05, 0.1) is 5.56 Å². The molecule has 0 spiro atoms. The molecule has 0 aliphatic rings. The zero-order valence-electron chi connectivity index (χ0n) is 8.93. The summed E-state index contributed by atoms with van der Waals surface area (Å²) in [6, 6.07) is 5.49. The fraction of sp³-hybridized carbons (Fsp3) is 0.500. The van der Waals surface area contributed by atoms with Gasteiger partial charge in [0.2, 0.25) is 0 Å². The van der Waals surface area contributed by atoms with Crippen LogP contribution in [0.15, 0.2) is 24.3 Å². The van der Waals surface area contributed by atoms with E-state index in [9.17, 15) is 13.2 Å². The Balaban J connectivity index is 2.89. The molecule has 0 bridgehead atoms. The van der Waals surface area contributed by atoms with Gasteiger partial charge in [0.25, 0.3) is 0 Å². The number of rotatable bonds is 3. The van der Waals surface area contributed by atoms with Gasteiger partial charge in [-0.05, 0) is 36.5 Å². The first-order valence-electron chi connectivity index (χ1n) is 5.16. The molecule has 3 heteroatoms. The lowest BCUT2D eigenvalue weighted by Crippen LogP contribution is -2.05. The summed E-state index contributed by atoms with van der Waals surface area (Å²) in [6.07, 6.45) is -2.31. The van der Waals surface area contributed by atoms with Gasteiger partial charge in [-0.1, -0.05) is 26.0 Å². The van der Waals surface area contributed by atoms with Gasteiger partial charge in [0.1, 0.15) is 0 Å². The summed E-state index contributed by atoms with van der Waals surface area (Å²) in [5, 5.41) is 0. The Morgan fingerprint density at radius 3 is 1.80 bits per heavy atom. The Hall–Kier alpha value is -0.990. The first-order chi connectivity index (χ1) is 6.99. The molecular weight excluding hydrogens is 201 g/mol. The smallest absolute Gasteiger partial charge is 0.166 e. The van der Waals surface area contributed by atoms with E-state index in [0.29, 0.717) is 5.92 Å². The highest BCUT2D eigenvalue weighted by atomic mass is 19.4. The third kappa shape index (κ3) is 2.98. The minimum Gasteiger partial charge on any atom is -0.166 e. The van der Waals surface area contributed by atoms with E-state index >= 15 is 0 Å². The van der Waals surface area contributed by atoms with Gasteiger partial charge in [-0.15, -0.1) is 0 Å². The van der Waals surface area contributed by atoms with Crippen molar-refractivity contribution in [2.24, 2.45) is 0 Å². The highest BCUT2D eigenvalue weighted by molar-refractivity contribution is 5.26. The van der Waals surface area contributed by atoms with Crippen molar-refractivity contribution < 1.29 is 13.2 Å². The third-order valence-electron chi connectivity index (χ3n) is 2.70. The van der Waals surface area contributed by atoms with E-state index in [0.717, 1.165) is 30.5 Å². The summed E-state index contributed by atoms with van der Waals surface area (Å²) < 4.78 is 36.9. The Kier molecular flexibility index (Phi) is 3.77. The van der Waals surface area contributed by atoms with Crippen LogP contribution in [-0.4, -0.2) is 0 Å². The highest BCUT2D eigenvalue weighted by Gasteiger charge is 2.30. The van der Waals surface area contributed by atoms with E-state index < -0.39 is 11.7 Å². The van der Waals surface area contributed by atoms with Crippen LogP contribution in [0.5, 0.6) is 0 Å². The maximum Gasteiger partial charge on any atom is 0.416 e. The Morgan fingerprint density at radius 1 is 1.00 bits per heavy atom. The number of benzene rings is 1. The van der Waals surface area contributed by atoms with Crippen molar-refractivity contribution in [1.29, 1.82) is 0 Å². The summed E-state index contributed by atoms with van der Waals surface area (Å²) >= 11 is 0. The largest absolute Gasteiger partial charge is 0.416 e. The average Bonchev–Trinajstić information content (AvgIpc) is 2.19. The van der Waals surface area contributed by atoms with Crippen LogP contribution in [-0.2, 0) is 6.18 Å². The van der Waals surface area contributed by atoms with Gasteiger partial charge in [-0.3, -0.25) is 0 Å². The Bertz CT molecular complexity index is 294. The quantitative estimate of drug-likeness (QED) is 0.692. The molecule has 0 nitrogen and oxygen atoms in total. The van der Waals surface area contributed by atoms with Gasteiger partial charge in [-0.2, -0.15) is 13.2 Å².